The van der Waals surface area contributed by atoms with E-state index in [2.05, 4.69) is 39.8 Å². The number of carboxylic acids is 1. The van der Waals surface area contributed by atoms with Gasteiger partial charge in [0.05, 0.1) is 11.3 Å². The molecule has 0 aliphatic carbocycles. The highest BCUT2D eigenvalue weighted by Crippen LogP contribution is 2.28. The summed E-state index contributed by atoms with van der Waals surface area (Å²) in [6, 6.07) is 12.8. The van der Waals surface area contributed by atoms with Gasteiger partial charge < -0.3 is 20.2 Å². The number of aromatic nitrogens is 2. The maximum Gasteiger partial charge on any atom is 0.490 e. The summed E-state index contributed by atoms with van der Waals surface area (Å²) in [5.41, 5.74) is 4.21. The molecule has 5 rings (SSSR count). The molecule has 2 saturated heterocycles. The number of amides is 2. The van der Waals surface area contributed by atoms with Gasteiger partial charge in [0.15, 0.2) is 0 Å². The van der Waals surface area contributed by atoms with Gasteiger partial charge in [0, 0.05) is 38.2 Å². The minimum Gasteiger partial charge on any atom is -0.475 e. The van der Waals surface area contributed by atoms with E-state index in [0.717, 1.165) is 36.1 Å². The molecule has 47 heavy (non-hydrogen) atoms. The Bertz CT molecular complexity index is 1680. The van der Waals surface area contributed by atoms with Gasteiger partial charge in [0.25, 0.3) is 11.5 Å². The maximum absolute atomic E-state index is 14.8. The fourth-order valence-electron chi connectivity index (χ4n) is 5.74. The quantitative estimate of drug-likeness (QED) is 0.344. The molecule has 1 aromatic heterocycles. The molecule has 3 aromatic rings. The molecule has 0 bridgehead atoms. The average Bonchev–Trinajstić information content (AvgIpc) is 3.52. The van der Waals surface area contributed by atoms with Gasteiger partial charge in [0.1, 0.15) is 11.4 Å². The maximum atomic E-state index is 14.8. The first-order valence-electron chi connectivity index (χ1n) is 15.1. The molecule has 1 unspecified atom stereocenters. The lowest BCUT2D eigenvalue weighted by Crippen LogP contribution is -2.60. The zero-order chi connectivity index (χ0) is 34.5. The van der Waals surface area contributed by atoms with Gasteiger partial charge in [-0.05, 0) is 75.4 Å². The number of carbonyl (C=O) groups excluding carboxylic acids is 2. The number of aliphatic carboxylic acids is 1. The molecular weight excluding hydrogens is 622 g/mol. The van der Waals surface area contributed by atoms with Gasteiger partial charge >= 0.3 is 12.1 Å². The van der Waals surface area contributed by atoms with E-state index in [-0.39, 0.29) is 22.9 Å². The van der Waals surface area contributed by atoms with E-state index in [0.29, 0.717) is 50.3 Å². The smallest absolute Gasteiger partial charge is 0.475 e. The molecule has 10 nitrogen and oxygen atoms in total. The third kappa shape index (κ3) is 8.42. The van der Waals surface area contributed by atoms with Crippen molar-refractivity contribution in [3.8, 4) is 0 Å². The molecule has 0 spiro atoms. The van der Waals surface area contributed by atoms with E-state index >= 15 is 0 Å². The average molecular weight is 660 g/mol. The Morgan fingerprint density at radius 3 is 2.11 bits per heavy atom. The molecule has 2 aliphatic rings. The number of alkyl halides is 3. The van der Waals surface area contributed by atoms with Crippen LogP contribution in [-0.2, 0) is 22.4 Å². The van der Waals surface area contributed by atoms with Crippen molar-refractivity contribution in [2.24, 2.45) is 0 Å². The van der Waals surface area contributed by atoms with Crippen LogP contribution in [0.25, 0.3) is 0 Å². The molecule has 1 atom stereocenters. The summed E-state index contributed by atoms with van der Waals surface area (Å²) < 4.78 is 46.6. The SMILES string of the molecule is Cc1ccc(CC2(C(=O)N3CCN(C(=O)c4cc(Cc5n[nH]c(=O)c(C)c5C)ccc4F)CC3)CCCN2)cc1.O=C(O)C(F)(F)F. The molecule has 14 heteroatoms. The summed E-state index contributed by atoms with van der Waals surface area (Å²) in [5, 5.41) is 17.2. The highest BCUT2D eigenvalue weighted by molar-refractivity contribution is 5.95. The number of aromatic amines is 1. The zero-order valence-corrected chi connectivity index (χ0v) is 26.3. The van der Waals surface area contributed by atoms with Crippen LogP contribution in [0.1, 0.15) is 56.7 Å². The molecule has 0 saturated carbocycles. The Balaban J connectivity index is 0.000000644. The molecule has 2 amide bonds. The first-order valence-corrected chi connectivity index (χ1v) is 15.1. The molecule has 2 aliphatic heterocycles. The summed E-state index contributed by atoms with van der Waals surface area (Å²) >= 11 is 0. The van der Waals surface area contributed by atoms with Crippen LogP contribution in [0.4, 0.5) is 17.6 Å². The largest absolute Gasteiger partial charge is 0.490 e. The molecule has 3 heterocycles. The first-order chi connectivity index (χ1) is 22.1. The number of carbonyl (C=O) groups is 3. The number of halogens is 4. The normalized spacial score (nSPS) is 18.0. The number of hydrogen-bond donors (Lipinski definition) is 3. The van der Waals surface area contributed by atoms with Crippen molar-refractivity contribution in [3.05, 3.63) is 97.7 Å². The highest BCUT2D eigenvalue weighted by atomic mass is 19.4. The lowest BCUT2D eigenvalue weighted by Gasteiger charge is -2.40. The van der Waals surface area contributed by atoms with Gasteiger partial charge in [-0.1, -0.05) is 35.9 Å². The standard InChI is InChI=1S/C31H36FN5O3.C2HF3O2/c1-20-5-7-23(8-6-20)19-31(11-4-12-33-31)30(40)37-15-13-36(14-16-37)29(39)25-17-24(9-10-26(25)32)18-27-21(2)22(3)28(38)35-34-27;3-2(4,5)1(6)7/h5-10,17,33H,4,11-16,18-19H2,1-3H3,(H,35,38);(H,6,7). The van der Waals surface area contributed by atoms with E-state index in [9.17, 15) is 31.9 Å². The number of carboxylic acid groups (broad SMARTS) is 1. The Kier molecular flexibility index (Phi) is 10.8. The van der Waals surface area contributed by atoms with Crippen molar-refractivity contribution in [2.75, 3.05) is 32.7 Å². The number of hydrogen-bond acceptors (Lipinski definition) is 6. The van der Waals surface area contributed by atoms with Crippen LogP contribution in [0, 0.1) is 26.6 Å². The van der Waals surface area contributed by atoms with E-state index in [1.165, 1.54) is 11.6 Å². The minimum atomic E-state index is -5.08. The number of nitrogens with zero attached hydrogens (tertiary/aromatic N) is 3. The summed E-state index contributed by atoms with van der Waals surface area (Å²) in [6.07, 6.45) is -2.37. The third-order valence-electron chi connectivity index (χ3n) is 8.64. The predicted octanol–water partition coefficient (Wildman–Crippen LogP) is 3.71. The summed E-state index contributed by atoms with van der Waals surface area (Å²) in [7, 11) is 0. The van der Waals surface area contributed by atoms with Crippen molar-refractivity contribution in [1.82, 2.24) is 25.3 Å². The number of H-pyrrole nitrogens is 1. The Labute approximate surface area is 268 Å². The molecule has 0 radical (unpaired) electrons. The van der Waals surface area contributed by atoms with Crippen molar-refractivity contribution in [1.29, 1.82) is 0 Å². The van der Waals surface area contributed by atoms with Crippen LogP contribution in [0.5, 0.6) is 0 Å². The second kappa shape index (κ2) is 14.4. The Hall–Kier alpha value is -4.59. The van der Waals surface area contributed by atoms with Crippen molar-refractivity contribution >= 4 is 17.8 Å². The fourth-order valence-corrected chi connectivity index (χ4v) is 5.74. The van der Waals surface area contributed by atoms with Crippen LogP contribution >= 0.6 is 0 Å². The van der Waals surface area contributed by atoms with Gasteiger partial charge in [-0.15, -0.1) is 0 Å². The van der Waals surface area contributed by atoms with Gasteiger partial charge in [0.2, 0.25) is 5.91 Å². The number of piperazine rings is 1. The summed E-state index contributed by atoms with van der Waals surface area (Å²) in [5.74, 6) is -3.65. The molecular formula is C33H37F4N5O5. The number of benzene rings is 2. The van der Waals surface area contributed by atoms with E-state index in [1.807, 2.05) is 18.7 Å². The lowest BCUT2D eigenvalue weighted by atomic mass is 9.87. The second-order valence-electron chi connectivity index (χ2n) is 11.9. The Morgan fingerprint density at radius 2 is 1.53 bits per heavy atom. The molecule has 3 N–H and O–H groups in total. The molecule has 2 fully saturated rings. The van der Waals surface area contributed by atoms with E-state index < -0.39 is 23.5 Å². The van der Waals surface area contributed by atoms with Crippen molar-refractivity contribution in [3.63, 3.8) is 0 Å². The topological polar surface area (TPSA) is 136 Å². The number of rotatable bonds is 6. The molecule has 252 valence electrons. The monoisotopic (exact) mass is 659 g/mol. The number of aryl methyl sites for hydroxylation is 1. The zero-order valence-electron chi connectivity index (χ0n) is 26.3. The van der Waals surface area contributed by atoms with Crippen LogP contribution in [0.15, 0.2) is 47.3 Å². The van der Waals surface area contributed by atoms with Crippen LogP contribution < -0.4 is 10.9 Å². The highest BCUT2D eigenvalue weighted by Gasteiger charge is 2.44. The van der Waals surface area contributed by atoms with Crippen molar-refractivity contribution < 1.29 is 37.1 Å². The van der Waals surface area contributed by atoms with Crippen LogP contribution in [0.3, 0.4) is 0 Å². The van der Waals surface area contributed by atoms with Gasteiger partial charge in [-0.25, -0.2) is 14.3 Å². The van der Waals surface area contributed by atoms with Crippen LogP contribution in [0.2, 0.25) is 0 Å². The fraction of sp³-hybridized carbons (Fsp3) is 0.424. The Morgan fingerprint density at radius 1 is 0.936 bits per heavy atom. The number of nitrogens with one attached hydrogen (secondary N) is 2. The van der Waals surface area contributed by atoms with E-state index in [1.54, 1.807) is 24.0 Å². The predicted molar refractivity (Wildman–Crippen MR) is 165 cm³/mol. The van der Waals surface area contributed by atoms with Crippen molar-refractivity contribution in [2.45, 2.75) is 58.2 Å². The van der Waals surface area contributed by atoms with Gasteiger partial charge in [-0.2, -0.15) is 18.3 Å². The third-order valence-corrected chi connectivity index (χ3v) is 8.64. The van der Waals surface area contributed by atoms with E-state index in [4.69, 9.17) is 9.90 Å². The second-order valence-corrected chi connectivity index (χ2v) is 11.9. The van der Waals surface area contributed by atoms with Crippen LogP contribution in [-0.4, -0.2) is 87.3 Å². The minimum absolute atomic E-state index is 0.00405. The van der Waals surface area contributed by atoms with Gasteiger partial charge in [-0.3, -0.25) is 14.4 Å². The molecule has 2 aromatic carbocycles. The summed E-state index contributed by atoms with van der Waals surface area (Å²) in [6.45, 7) is 7.91. The lowest BCUT2D eigenvalue weighted by molar-refractivity contribution is -0.192. The summed E-state index contributed by atoms with van der Waals surface area (Å²) in [4.78, 5) is 51.3. The first kappa shape index (κ1) is 35.3.